The molecule has 0 bridgehead atoms. The molecule has 3 fully saturated rings. The standard InChI is InChI=1S/C28H37N5O3/c1-34-20-24-5-4-12-31(24)16-21-9-11-27(29-15-21)35-19-22-8-10-23-18-33(14-13-32(23)17-22)28-25-6-2-3-7-26(25)36-30-28/h2-3,6-7,9,11,15,22-24H,4-5,8,10,12-14,16-20H2,1H3/t22-,23+,24?/m1/s1. The first-order valence-electron chi connectivity index (χ1n) is 13.4. The highest BCUT2D eigenvalue weighted by molar-refractivity contribution is 5.88. The number of para-hydroxylation sites is 1. The van der Waals surface area contributed by atoms with E-state index < -0.39 is 0 Å². The predicted molar refractivity (Wildman–Crippen MR) is 139 cm³/mol. The van der Waals surface area contributed by atoms with Crippen LogP contribution in [0.1, 0.15) is 31.2 Å². The molecule has 0 saturated carbocycles. The Balaban J connectivity index is 0.979. The van der Waals surface area contributed by atoms with Crippen molar-refractivity contribution < 1.29 is 14.0 Å². The molecule has 3 atom stereocenters. The number of rotatable bonds is 8. The number of hydrogen-bond donors (Lipinski definition) is 0. The highest BCUT2D eigenvalue weighted by Gasteiger charge is 2.34. The van der Waals surface area contributed by atoms with E-state index in [-0.39, 0.29) is 0 Å². The molecule has 0 amide bonds. The number of benzene rings is 1. The number of likely N-dealkylation sites (tertiary alicyclic amines) is 1. The van der Waals surface area contributed by atoms with Gasteiger partial charge in [-0.15, -0.1) is 0 Å². The minimum Gasteiger partial charge on any atom is -0.477 e. The van der Waals surface area contributed by atoms with Crippen LogP contribution in [0.2, 0.25) is 0 Å². The topological polar surface area (TPSA) is 67.1 Å². The summed E-state index contributed by atoms with van der Waals surface area (Å²) in [6.07, 6.45) is 6.81. The number of ether oxygens (including phenoxy) is 2. The van der Waals surface area contributed by atoms with Gasteiger partial charge in [0.15, 0.2) is 11.4 Å². The van der Waals surface area contributed by atoms with E-state index in [2.05, 4.69) is 43.0 Å². The fraction of sp³-hybridized carbons (Fsp3) is 0.571. The monoisotopic (exact) mass is 491 g/mol. The van der Waals surface area contributed by atoms with Gasteiger partial charge in [0.25, 0.3) is 0 Å². The number of anilines is 1. The van der Waals surface area contributed by atoms with E-state index in [1.807, 2.05) is 24.4 Å². The maximum absolute atomic E-state index is 6.13. The van der Waals surface area contributed by atoms with Gasteiger partial charge in [0.05, 0.1) is 18.6 Å². The maximum atomic E-state index is 6.13. The van der Waals surface area contributed by atoms with Gasteiger partial charge in [0.1, 0.15) is 0 Å². The summed E-state index contributed by atoms with van der Waals surface area (Å²) >= 11 is 0. The third kappa shape index (κ3) is 5.08. The van der Waals surface area contributed by atoms with Crippen molar-refractivity contribution in [2.24, 2.45) is 5.92 Å². The number of methoxy groups -OCH3 is 1. The first kappa shape index (κ1) is 23.7. The van der Waals surface area contributed by atoms with Crippen molar-refractivity contribution >= 4 is 16.8 Å². The largest absolute Gasteiger partial charge is 0.477 e. The molecule has 5 heterocycles. The molecule has 8 nitrogen and oxygen atoms in total. The van der Waals surface area contributed by atoms with Gasteiger partial charge in [-0.1, -0.05) is 23.4 Å². The fourth-order valence-corrected chi connectivity index (χ4v) is 6.20. The van der Waals surface area contributed by atoms with Crippen LogP contribution < -0.4 is 9.64 Å². The van der Waals surface area contributed by atoms with Gasteiger partial charge in [-0.25, -0.2) is 4.98 Å². The Kier molecular flexibility index (Phi) is 7.07. The molecule has 192 valence electrons. The summed E-state index contributed by atoms with van der Waals surface area (Å²) in [6.45, 7) is 7.74. The normalized spacial score (nSPS) is 25.4. The van der Waals surface area contributed by atoms with Crippen LogP contribution in [0, 0.1) is 5.92 Å². The molecule has 6 rings (SSSR count). The SMILES string of the molecule is COCC1CCCN1Cc1ccc(OC[C@@H]2CC[C@H]3CN(c4noc5ccccc45)CCN3C2)nc1. The summed E-state index contributed by atoms with van der Waals surface area (Å²) in [5.74, 6) is 2.27. The first-order chi connectivity index (χ1) is 17.8. The van der Waals surface area contributed by atoms with Crippen molar-refractivity contribution in [2.75, 3.05) is 57.9 Å². The van der Waals surface area contributed by atoms with E-state index in [9.17, 15) is 0 Å². The van der Waals surface area contributed by atoms with Crippen LogP contribution in [0.5, 0.6) is 5.88 Å². The third-order valence-corrected chi connectivity index (χ3v) is 8.17. The Morgan fingerprint density at radius 3 is 2.83 bits per heavy atom. The molecule has 2 aromatic heterocycles. The summed E-state index contributed by atoms with van der Waals surface area (Å²) in [4.78, 5) is 12.1. The minimum absolute atomic E-state index is 0.526. The van der Waals surface area contributed by atoms with Crippen molar-refractivity contribution in [3.05, 3.63) is 48.2 Å². The Hall–Kier alpha value is -2.68. The second-order valence-corrected chi connectivity index (χ2v) is 10.6. The van der Waals surface area contributed by atoms with Gasteiger partial charge < -0.3 is 18.9 Å². The van der Waals surface area contributed by atoms with Crippen LogP contribution in [0.4, 0.5) is 5.82 Å². The number of pyridine rings is 1. The Labute approximate surface area is 213 Å². The van der Waals surface area contributed by atoms with Crippen LogP contribution in [0.25, 0.3) is 11.0 Å². The van der Waals surface area contributed by atoms with Crippen LogP contribution >= 0.6 is 0 Å². The van der Waals surface area contributed by atoms with Gasteiger partial charge in [-0.2, -0.15) is 0 Å². The number of fused-ring (bicyclic) bond motifs is 2. The second-order valence-electron chi connectivity index (χ2n) is 10.6. The number of nitrogens with zero attached hydrogens (tertiary/aromatic N) is 5. The molecule has 0 spiro atoms. The lowest BCUT2D eigenvalue weighted by Crippen LogP contribution is -2.57. The average Bonchev–Trinajstić information content (AvgIpc) is 3.55. The minimum atomic E-state index is 0.526. The quantitative estimate of drug-likeness (QED) is 0.471. The van der Waals surface area contributed by atoms with Crippen LogP contribution in [-0.4, -0.2) is 85.1 Å². The Morgan fingerprint density at radius 2 is 1.94 bits per heavy atom. The third-order valence-electron chi connectivity index (χ3n) is 8.17. The lowest BCUT2D eigenvalue weighted by atomic mass is 9.91. The first-order valence-corrected chi connectivity index (χ1v) is 13.4. The zero-order chi connectivity index (χ0) is 24.3. The van der Waals surface area contributed by atoms with E-state index in [1.54, 1.807) is 7.11 Å². The van der Waals surface area contributed by atoms with Crippen molar-refractivity contribution in [3.63, 3.8) is 0 Å². The zero-order valence-electron chi connectivity index (χ0n) is 21.2. The highest BCUT2D eigenvalue weighted by Crippen LogP contribution is 2.31. The maximum Gasteiger partial charge on any atom is 0.213 e. The van der Waals surface area contributed by atoms with Gasteiger partial charge in [-0.3, -0.25) is 9.80 Å². The van der Waals surface area contributed by atoms with Gasteiger partial charge in [-0.05, 0) is 49.9 Å². The van der Waals surface area contributed by atoms with E-state index in [0.717, 1.165) is 75.1 Å². The summed E-state index contributed by atoms with van der Waals surface area (Å²) in [5.41, 5.74) is 2.10. The fourth-order valence-electron chi connectivity index (χ4n) is 6.20. The molecule has 3 aliphatic rings. The number of aromatic nitrogens is 2. The lowest BCUT2D eigenvalue weighted by molar-refractivity contribution is 0.0716. The van der Waals surface area contributed by atoms with Crippen LogP contribution in [0.15, 0.2) is 47.1 Å². The van der Waals surface area contributed by atoms with Gasteiger partial charge >= 0.3 is 0 Å². The molecule has 3 aliphatic heterocycles. The molecule has 0 radical (unpaired) electrons. The molecule has 8 heteroatoms. The van der Waals surface area contributed by atoms with Crippen molar-refractivity contribution in [2.45, 2.75) is 44.3 Å². The average molecular weight is 492 g/mol. The van der Waals surface area contributed by atoms with E-state index in [0.29, 0.717) is 18.0 Å². The molecule has 1 aromatic carbocycles. The smallest absolute Gasteiger partial charge is 0.213 e. The molecule has 3 saturated heterocycles. The zero-order valence-corrected chi connectivity index (χ0v) is 21.2. The summed E-state index contributed by atoms with van der Waals surface area (Å²) in [7, 11) is 1.79. The summed E-state index contributed by atoms with van der Waals surface area (Å²) < 4.78 is 17.1. The molecule has 0 aliphatic carbocycles. The molecular weight excluding hydrogens is 454 g/mol. The Bertz CT molecular complexity index is 1140. The predicted octanol–water partition coefficient (Wildman–Crippen LogP) is 3.81. The van der Waals surface area contributed by atoms with Crippen LogP contribution in [-0.2, 0) is 11.3 Å². The number of piperazine rings is 1. The second kappa shape index (κ2) is 10.7. The van der Waals surface area contributed by atoms with E-state index in [4.69, 9.17) is 14.0 Å². The summed E-state index contributed by atoms with van der Waals surface area (Å²) in [6, 6.07) is 13.4. The number of piperidine rings is 1. The van der Waals surface area contributed by atoms with Crippen LogP contribution in [0.3, 0.4) is 0 Å². The molecule has 1 unspecified atom stereocenters. The highest BCUT2D eigenvalue weighted by atomic mass is 16.5. The van der Waals surface area contributed by atoms with Gasteiger partial charge in [0, 0.05) is 70.1 Å². The Morgan fingerprint density at radius 1 is 1.00 bits per heavy atom. The van der Waals surface area contributed by atoms with Crippen molar-refractivity contribution in [1.29, 1.82) is 0 Å². The molecular formula is C28H37N5O3. The van der Waals surface area contributed by atoms with Gasteiger partial charge in [0.2, 0.25) is 5.88 Å². The lowest BCUT2D eigenvalue weighted by Gasteiger charge is -2.46. The van der Waals surface area contributed by atoms with E-state index >= 15 is 0 Å². The summed E-state index contributed by atoms with van der Waals surface area (Å²) in [5, 5.41) is 5.49. The van der Waals surface area contributed by atoms with E-state index in [1.165, 1.54) is 31.2 Å². The van der Waals surface area contributed by atoms with Crippen molar-refractivity contribution in [1.82, 2.24) is 19.9 Å². The molecule has 3 aromatic rings. The molecule has 36 heavy (non-hydrogen) atoms. The molecule has 0 N–H and O–H groups in total. The van der Waals surface area contributed by atoms with Crippen molar-refractivity contribution in [3.8, 4) is 5.88 Å². The number of hydrogen-bond acceptors (Lipinski definition) is 8.